The zero-order valence-electron chi connectivity index (χ0n) is 20.0. The van der Waals surface area contributed by atoms with Gasteiger partial charge in [0.25, 0.3) is 0 Å². The fourth-order valence-electron chi connectivity index (χ4n) is 3.29. The molecule has 3 N–H and O–H groups in total. The number of hydrogen-bond acceptors (Lipinski definition) is 4. The molecule has 8 nitrogen and oxygen atoms in total. The zero-order chi connectivity index (χ0) is 24.9. The molecule has 1 aliphatic heterocycles. The number of nitriles is 1. The van der Waals surface area contributed by atoms with Crippen LogP contribution in [-0.4, -0.2) is 41.9 Å². The van der Waals surface area contributed by atoms with E-state index in [0.717, 1.165) is 11.5 Å². The van der Waals surface area contributed by atoms with Gasteiger partial charge in [0.1, 0.15) is 6.04 Å². The summed E-state index contributed by atoms with van der Waals surface area (Å²) in [4.78, 5) is 38.3. The lowest BCUT2D eigenvalue weighted by atomic mass is 10.1. The number of hydrogen-bond donors (Lipinski definition) is 3. The molecule has 0 saturated carbocycles. The number of benzene rings is 2. The van der Waals surface area contributed by atoms with Crippen molar-refractivity contribution < 1.29 is 14.4 Å². The first-order chi connectivity index (χ1) is 16.3. The van der Waals surface area contributed by atoms with Crippen molar-refractivity contribution in [1.29, 1.82) is 5.26 Å². The second-order valence-electron chi connectivity index (χ2n) is 8.73. The average molecular weight is 464 g/mol. The molecule has 180 valence electrons. The lowest BCUT2D eigenvalue weighted by molar-refractivity contribution is -0.130. The first-order valence-electron chi connectivity index (χ1n) is 11.4. The van der Waals surface area contributed by atoms with Crippen LogP contribution in [0.15, 0.2) is 60.7 Å². The van der Waals surface area contributed by atoms with Gasteiger partial charge in [-0.2, -0.15) is 5.26 Å². The molecule has 8 heteroatoms. The van der Waals surface area contributed by atoms with Crippen molar-refractivity contribution in [2.24, 2.45) is 11.8 Å². The Balaban J connectivity index is 0.000000945. The summed E-state index contributed by atoms with van der Waals surface area (Å²) in [6.07, 6.45) is 0.265. The number of carbonyl (C=O) groups is 3. The summed E-state index contributed by atoms with van der Waals surface area (Å²) in [5, 5.41) is 17.4. The molecule has 1 heterocycles. The number of amides is 4. The van der Waals surface area contributed by atoms with Crippen molar-refractivity contribution in [3.05, 3.63) is 66.2 Å². The molecule has 1 fully saturated rings. The number of para-hydroxylation sites is 1. The molecular formula is C26H33N5O3. The molecule has 2 aromatic carbocycles. The number of nitrogens with one attached hydrogen (secondary N) is 3. The molecule has 1 aliphatic rings. The van der Waals surface area contributed by atoms with E-state index in [1.54, 1.807) is 12.1 Å². The van der Waals surface area contributed by atoms with Gasteiger partial charge in [0.05, 0.1) is 18.5 Å². The Kier molecular flexibility index (Phi) is 10.6. The summed E-state index contributed by atoms with van der Waals surface area (Å²) in [5.74, 6) is -0.276. The zero-order valence-corrected chi connectivity index (χ0v) is 20.0. The minimum atomic E-state index is -0.696. The van der Waals surface area contributed by atoms with Crippen LogP contribution in [0.3, 0.4) is 0 Å². The molecule has 4 amide bonds. The van der Waals surface area contributed by atoms with Crippen molar-refractivity contribution >= 4 is 23.5 Å². The predicted molar refractivity (Wildman–Crippen MR) is 131 cm³/mol. The van der Waals surface area contributed by atoms with Crippen LogP contribution in [-0.2, 0) is 16.1 Å². The van der Waals surface area contributed by atoms with Crippen LogP contribution in [0.1, 0.15) is 32.8 Å². The number of urea groups is 1. The van der Waals surface area contributed by atoms with Gasteiger partial charge in [-0.1, -0.05) is 69.3 Å². The van der Waals surface area contributed by atoms with Gasteiger partial charge < -0.3 is 20.9 Å². The fraction of sp³-hybridized carbons (Fsp3) is 0.385. The van der Waals surface area contributed by atoms with Gasteiger partial charge in [0.15, 0.2) is 0 Å². The van der Waals surface area contributed by atoms with Crippen molar-refractivity contribution in [3.63, 3.8) is 0 Å². The van der Waals surface area contributed by atoms with E-state index in [9.17, 15) is 19.6 Å². The number of carbonyl (C=O) groups excluding carboxylic acids is 3. The largest absolute Gasteiger partial charge is 0.334 e. The predicted octanol–water partition coefficient (Wildman–Crippen LogP) is 3.53. The van der Waals surface area contributed by atoms with Gasteiger partial charge in [0.2, 0.25) is 11.8 Å². The smallest absolute Gasteiger partial charge is 0.315 e. The quantitative estimate of drug-likeness (QED) is 0.608. The van der Waals surface area contributed by atoms with Gasteiger partial charge in [-0.15, -0.1) is 0 Å². The lowest BCUT2D eigenvalue weighted by Gasteiger charge is -2.20. The Morgan fingerprint density at radius 1 is 1.00 bits per heavy atom. The highest BCUT2D eigenvalue weighted by atomic mass is 16.2. The summed E-state index contributed by atoms with van der Waals surface area (Å²) in [6.45, 7) is 6.74. The number of anilines is 1. The van der Waals surface area contributed by atoms with E-state index in [1.807, 2.05) is 48.5 Å². The Morgan fingerprint density at radius 2 is 1.59 bits per heavy atom. The van der Waals surface area contributed by atoms with E-state index < -0.39 is 23.9 Å². The van der Waals surface area contributed by atoms with Crippen molar-refractivity contribution in [1.82, 2.24) is 15.5 Å². The van der Waals surface area contributed by atoms with Gasteiger partial charge in [-0.05, 0) is 30.0 Å². The van der Waals surface area contributed by atoms with Gasteiger partial charge >= 0.3 is 6.03 Å². The highest BCUT2D eigenvalue weighted by Gasteiger charge is 2.38. The summed E-state index contributed by atoms with van der Waals surface area (Å²) in [6, 6.07) is 19.3. The standard InChI is InChI=1S/C22H23N5O3.C4H10/c23-12-19-11-17(21(29)26-18-9-5-2-6-10-18)15-27(19)20(28)14-25-22(30)24-13-16-7-3-1-4-8-16;1-4(2)3/h1-10,17,19H,11,13-15H2,(H,26,29)(H2,24,25,30);4H,1-3H3. The van der Waals surface area contributed by atoms with Gasteiger partial charge in [-0.3, -0.25) is 9.59 Å². The van der Waals surface area contributed by atoms with E-state index in [-0.39, 0.29) is 25.4 Å². The average Bonchev–Trinajstić information content (AvgIpc) is 3.27. The number of rotatable bonds is 6. The van der Waals surface area contributed by atoms with E-state index in [0.29, 0.717) is 12.2 Å². The highest BCUT2D eigenvalue weighted by molar-refractivity contribution is 5.94. The van der Waals surface area contributed by atoms with E-state index in [2.05, 4.69) is 42.8 Å². The molecule has 2 aromatic rings. The van der Waals surface area contributed by atoms with Crippen LogP contribution in [0.4, 0.5) is 10.5 Å². The molecule has 0 radical (unpaired) electrons. The van der Waals surface area contributed by atoms with Crippen molar-refractivity contribution in [2.75, 3.05) is 18.4 Å². The first-order valence-corrected chi connectivity index (χ1v) is 11.4. The first kappa shape index (κ1) is 26.4. The Hall–Kier alpha value is -3.86. The van der Waals surface area contributed by atoms with E-state index >= 15 is 0 Å². The maximum Gasteiger partial charge on any atom is 0.315 e. The molecule has 1 saturated heterocycles. The Labute approximate surface area is 201 Å². The normalized spacial score (nSPS) is 16.6. The molecule has 0 spiro atoms. The minimum absolute atomic E-state index is 0.142. The van der Waals surface area contributed by atoms with Crippen LogP contribution in [0.5, 0.6) is 0 Å². The molecular weight excluding hydrogens is 430 g/mol. The maximum absolute atomic E-state index is 12.5. The van der Waals surface area contributed by atoms with Crippen LogP contribution in [0.25, 0.3) is 0 Å². The molecule has 3 rings (SSSR count). The van der Waals surface area contributed by atoms with Crippen LogP contribution in [0, 0.1) is 23.2 Å². The molecule has 34 heavy (non-hydrogen) atoms. The van der Waals surface area contributed by atoms with Gasteiger partial charge in [-0.25, -0.2) is 4.79 Å². The monoisotopic (exact) mass is 463 g/mol. The Bertz CT molecular complexity index is 970. The molecule has 2 atom stereocenters. The lowest BCUT2D eigenvalue weighted by Crippen LogP contribution is -2.45. The summed E-state index contributed by atoms with van der Waals surface area (Å²) < 4.78 is 0. The van der Waals surface area contributed by atoms with Crippen LogP contribution >= 0.6 is 0 Å². The van der Waals surface area contributed by atoms with Crippen molar-refractivity contribution in [2.45, 2.75) is 39.8 Å². The fourth-order valence-corrected chi connectivity index (χ4v) is 3.29. The van der Waals surface area contributed by atoms with E-state index in [1.165, 1.54) is 4.90 Å². The SMILES string of the molecule is CC(C)C.N#CC1CC(C(=O)Nc2ccccc2)CN1C(=O)CNC(=O)NCc1ccccc1. The van der Waals surface area contributed by atoms with Crippen LogP contribution in [0.2, 0.25) is 0 Å². The molecule has 0 bridgehead atoms. The maximum atomic E-state index is 12.5. The third kappa shape index (κ3) is 8.94. The van der Waals surface area contributed by atoms with Gasteiger partial charge in [0, 0.05) is 18.8 Å². The highest BCUT2D eigenvalue weighted by Crippen LogP contribution is 2.24. The molecule has 0 aromatic heterocycles. The third-order valence-corrected chi connectivity index (χ3v) is 4.88. The summed E-state index contributed by atoms with van der Waals surface area (Å²) in [7, 11) is 0. The molecule has 0 aliphatic carbocycles. The third-order valence-electron chi connectivity index (χ3n) is 4.88. The van der Waals surface area contributed by atoms with Crippen molar-refractivity contribution in [3.8, 4) is 6.07 Å². The second kappa shape index (κ2) is 13.6. The Morgan fingerprint density at radius 3 is 2.18 bits per heavy atom. The summed E-state index contributed by atoms with van der Waals surface area (Å²) in [5.41, 5.74) is 1.60. The topological polar surface area (TPSA) is 114 Å². The van der Waals surface area contributed by atoms with Crippen LogP contribution < -0.4 is 16.0 Å². The van der Waals surface area contributed by atoms with E-state index in [4.69, 9.17) is 0 Å². The minimum Gasteiger partial charge on any atom is -0.334 e. The number of likely N-dealkylation sites (tertiary alicyclic amines) is 1. The molecule has 2 unspecified atom stereocenters. The second-order valence-corrected chi connectivity index (χ2v) is 8.73. The number of nitrogens with zero attached hydrogens (tertiary/aromatic N) is 2. The summed E-state index contributed by atoms with van der Waals surface area (Å²) >= 11 is 0.